The number of benzene rings is 1. The van der Waals surface area contributed by atoms with E-state index in [-0.39, 0.29) is 30.3 Å². The first-order valence-corrected chi connectivity index (χ1v) is 8.03. The van der Waals surface area contributed by atoms with Gasteiger partial charge in [-0.05, 0) is 43.9 Å². The maximum atomic E-state index is 12.4. The van der Waals surface area contributed by atoms with Crippen molar-refractivity contribution in [3.8, 4) is 5.75 Å². The summed E-state index contributed by atoms with van der Waals surface area (Å²) in [6.07, 6.45) is 2.22. The summed E-state index contributed by atoms with van der Waals surface area (Å²) < 4.78 is 5.36. The molecule has 1 aliphatic carbocycles. The van der Waals surface area contributed by atoms with Crippen LogP contribution in [0.4, 0.5) is 11.4 Å². The highest BCUT2D eigenvalue weighted by Gasteiger charge is 2.30. The molecule has 3 rings (SSSR count). The van der Waals surface area contributed by atoms with Gasteiger partial charge in [0.05, 0.1) is 11.6 Å². The van der Waals surface area contributed by atoms with E-state index in [0.717, 1.165) is 0 Å². The van der Waals surface area contributed by atoms with E-state index in [1.165, 1.54) is 4.90 Å². The summed E-state index contributed by atoms with van der Waals surface area (Å²) in [5.74, 6) is -0.933. The molecule has 24 heavy (non-hydrogen) atoms. The molecule has 0 radical (unpaired) electrons. The van der Waals surface area contributed by atoms with Crippen LogP contribution in [0, 0.1) is 11.8 Å². The average Bonchev–Trinajstić information content (AvgIpc) is 2.58. The standard InChI is InChI=1S/C17H20N2O5/c1-19-13-8-12(6-7-14(13)24-9-15(19)20)18-16(21)10-2-4-11(5-3-10)17(22)23/h6-8,10-11H,2-5,9H2,1H3,(H,18,21)(H,22,23). The fourth-order valence-electron chi connectivity index (χ4n) is 3.20. The van der Waals surface area contributed by atoms with Crippen LogP contribution in [-0.2, 0) is 14.4 Å². The molecule has 0 aromatic heterocycles. The maximum absolute atomic E-state index is 12.4. The summed E-state index contributed by atoms with van der Waals surface area (Å²) in [6.45, 7) is 0.0159. The van der Waals surface area contributed by atoms with Gasteiger partial charge in [-0.2, -0.15) is 0 Å². The highest BCUT2D eigenvalue weighted by molar-refractivity contribution is 5.99. The summed E-state index contributed by atoms with van der Waals surface area (Å²) in [6, 6.07) is 5.19. The van der Waals surface area contributed by atoms with E-state index in [1.54, 1.807) is 25.2 Å². The van der Waals surface area contributed by atoms with Crippen LogP contribution in [0.25, 0.3) is 0 Å². The monoisotopic (exact) mass is 332 g/mol. The van der Waals surface area contributed by atoms with Crippen LogP contribution in [0.3, 0.4) is 0 Å². The number of rotatable bonds is 3. The van der Waals surface area contributed by atoms with Crippen LogP contribution in [-0.4, -0.2) is 36.5 Å². The highest BCUT2D eigenvalue weighted by atomic mass is 16.5. The van der Waals surface area contributed by atoms with Gasteiger partial charge in [0.15, 0.2) is 6.61 Å². The van der Waals surface area contributed by atoms with Crippen LogP contribution >= 0.6 is 0 Å². The molecule has 1 heterocycles. The average molecular weight is 332 g/mol. The predicted molar refractivity (Wildman–Crippen MR) is 87.1 cm³/mol. The Morgan fingerprint density at radius 2 is 1.88 bits per heavy atom. The molecule has 1 fully saturated rings. The zero-order valence-electron chi connectivity index (χ0n) is 13.4. The van der Waals surface area contributed by atoms with Crippen LogP contribution in [0.5, 0.6) is 5.75 Å². The second-order valence-electron chi connectivity index (χ2n) is 6.30. The molecule has 2 amide bonds. The molecule has 1 aromatic rings. The Morgan fingerprint density at radius 1 is 1.21 bits per heavy atom. The van der Waals surface area contributed by atoms with E-state index in [9.17, 15) is 14.4 Å². The van der Waals surface area contributed by atoms with Crippen molar-refractivity contribution in [2.24, 2.45) is 11.8 Å². The molecular weight excluding hydrogens is 312 g/mol. The number of nitrogens with one attached hydrogen (secondary N) is 1. The van der Waals surface area contributed by atoms with Crippen LogP contribution < -0.4 is 15.0 Å². The number of hydrogen-bond donors (Lipinski definition) is 2. The Bertz CT molecular complexity index is 680. The summed E-state index contributed by atoms with van der Waals surface area (Å²) in [5, 5.41) is 11.9. The fraction of sp³-hybridized carbons (Fsp3) is 0.471. The number of carbonyl (C=O) groups excluding carboxylic acids is 2. The summed E-state index contributed by atoms with van der Waals surface area (Å²) >= 11 is 0. The Balaban J connectivity index is 1.65. The lowest BCUT2D eigenvalue weighted by molar-refractivity contribution is -0.143. The lowest BCUT2D eigenvalue weighted by atomic mass is 9.81. The van der Waals surface area contributed by atoms with Gasteiger partial charge >= 0.3 is 5.97 Å². The number of amides is 2. The highest BCUT2D eigenvalue weighted by Crippen LogP contribution is 2.34. The quantitative estimate of drug-likeness (QED) is 0.881. The molecule has 1 saturated carbocycles. The van der Waals surface area contributed by atoms with Crippen LogP contribution in [0.1, 0.15) is 25.7 Å². The topological polar surface area (TPSA) is 95.9 Å². The van der Waals surface area contributed by atoms with Gasteiger partial charge in [-0.3, -0.25) is 14.4 Å². The Morgan fingerprint density at radius 3 is 2.54 bits per heavy atom. The summed E-state index contributed by atoms with van der Waals surface area (Å²) in [4.78, 5) is 36.6. The number of fused-ring (bicyclic) bond motifs is 1. The maximum Gasteiger partial charge on any atom is 0.306 e. The Labute approximate surface area is 139 Å². The second kappa shape index (κ2) is 6.51. The molecule has 128 valence electrons. The van der Waals surface area contributed by atoms with E-state index in [1.807, 2.05) is 0 Å². The number of aliphatic carboxylic acids is 1. The van der Waals surface area contributed by atoms with Gasteiger partial charge in [0.25, 0.3) is 5.91 Å². The van der Waals surface area contributed by atoms with Crippen molar-refractivity contribution in [1.82, 2.24) is 0 Å². The Hall–Kier alpha value is -2.57. The van der Waals surface area contributed by atoms with E-state index in [2.05, 4.69) is 5.32 Å². The lowest BCUT2D eigenvalue weighted by Crippen LogP contribution is -2.35. The number of likely N-dealkylation sites (N-methyl/N-ethyl adjacent to an activating group) is 1. The zero-order chi connectivity index (χ0) is 17.3. The van der Waals surface area contributed by atoms with Gasteiger partial charge in [0.2, 0.25) is 5.91 Å². The molecule has 2 aliphatic rings. The van der Waals surface area contributed by atoms with Crippen LogP contribution in [0.15, 0.2) is 18.2 Å². The van der Waals surface area contributed by atoms with E-state index >= 15 is 0 Å². The fourth-order valence-corrected chi connectivity index (χ4v) is 3.20. The van der Waals surface area contributed by atoms with Crippen molar-refractivity contribution in [3.05, 3.63) is 18.2 Å². The van der Waals surface area contributed by atoms with Gasteiger partial charge in [-0.25, -0.2) is 0 Å². The molecule has 1 aromatic carbocycles. The molecule has 0 unspecified atom stereocenters. The number of carboxylic acid groups (broad SMARTS) is 1. The first kappa shape index (κ1) is 16.3. The van der Waals surface area contributed by atoms with Gasteiger partial charge < -0.3 is 20.1 Å². The van der Waals surface area contributed by atoms with Crippen molar-refractivity contribution in [2.45, 2.75) is 25.7 Å². The molecule has 7 nitrogen and oxygen atoms in total. The van der Waals surface area contributed by atoms with Crippen molar-refractivity contribution in [2.75, 3.05) is 23.9 Å². The molecule has 0 saturated heterocycles. The first-order chi connectivity index (χ1) is 11.5. The molecule has 2 N–H and O–H groups in total. The molecule has 7 heteroatoms. The zero-order valence-corrected chi connectivity index (χ0v) is 13.4. The van der Waals surface area contributed by atoms with E-state index < -0.39 is 5.97 Å². The first-order valence-electron chi connectivity index (χ1n) is 8.03. The number of nitrogens with zero attached hydrogens (tertiary/aromatic N) is 1. The predicted octanol–water partition coefficient (Wildman–Crippen LogP) is 1.87. The van der Waals surface area contributed by atoms with Gasteiger partial charge in [0, 0.05) is 18.7 Å². The summed E-state index contributed by atoms with van der Waals surface area (Å²) in [5.41, 5.74) is 1.22. The third-order valence-corrected chi connectivity index (χ3v) is 4.76. The number of ether oxygens (including phenoxy) is 1. The molecule has 0 bridgehead atoms. The Kier molecular flexibility index (Phi) is 4.42. The molecule has 0 atom stereocenters. The smallest absolute Gasteiger partial charge is 0.306 e. The van der Waals surface area contributed by atoms with Crippen molar-refractivity contribution in [3.63, 3.8) is 0 Å². The van der Waals surface area contributed by atoms with Crippen LogP contribution in [0.2, 0.25) is 0 Å². The van der Waals surface area contributed by atoms with Gasteiger partial charge in [0.1, 0.15) is 5.75 Å². The number of carboxylic acids is 1. The minimum Gasteiger partial charge on any atom is -0.482 e. The van der Waals surface area contributed by atoms with Crippen molar-refractivity contribution >= 4 is 29.2 Å². The van der Waals surface area contributed by atoms with Gasteiger partial charge in [-0.15, -0.1) is 0 Å². The normalized spacial score (nSPS) is 23.2. The summed E-state index contributed by atoms with van der Waals surface area (Å²) in [7, 11) is 1.67. The molecular formula is C17H20N2O5. The number of carbonyl (C=O) groups is 3. The third kappa shape index (κ3) is 3.20. The SMILES string of the molecule is CN1C(=O)COc2ccc(NC(=O)C3CCC(C(=O)O)CC3)cc21. The molecule has 1 aliphatic heterocycles. The van der Waals surface area contributed by atoms with E-state index in [0.29, 0.717) is 42.8 Å². The molecule has 0 spiro atoms. The van der Waals surface area contributed by atoms with E-state index in [4.69, 9.17) is 9.84 Å². The second-order valence-corrected chi connectivity index (χ2v) is 6.30. The third-order valence-electron chi connectivity index (χ3n) is 4.76. The largest absolute Gasteiger partial charge is 0.482 e. The number of hydrogen-bond acceptors (Lipinski definition) is 4. The minimum atomic E-state index is -0.781. The lowest BCUT2D eigenvalue weighted by Gasteiger charge is -2.27. The van der Waals surface area contributed by atoms with Gasteiger partial charge in [-0.1, -0.05) is 0 Å². The number of anilines is 2. The van der Waals surface area contributed by atoms with Crippen molar-refractivity contribution < 1.29 is 24.2 Å². The van der Waals surface area contributed by atoms with Crippen molar-refractivity contribution in [1.29, 1.82) is 0 Å². The minimum absolute atomic E-state index is 0.0159.